The maximum absolute atomic E-state index is 12.5. The highest BCUT2D eigenvalue weighted by atomic mass is 35.5. The largest absolute Gasteiger partial charge is 0.351 e. The van der Waals surface area contributed by atoms with E-state index in [4.69, 9.17) is 22.0 Å². The van der Waals surface area contributed by atoms with Crippen LogP contribution in [-0.2, 0) is 11.3 Å². The van der Waals surface area contributed by atoms with Gasteiger partial charge in [-0.2, -0.15) is 0 Å². The second-order valence-electron chi connectivity index (χ2n) is 7.66. The van der Waals surface area contributed by atoms with Gasteiger partial charge in [0.05, 0.1) is 17.4 Å². The Bertz CT molecular complexity index is 1010. The molecular formula is C22H25ClN6OS. The lowest BCUT2D eigenvalue weighted by Crippen LogP contribution is -2.50. The first-order chi connectivity index (χ1) is 14.9. The number of aliphatic imine (C=N–C) groups is 1. The molecule has 0 aromatic heterocycles. The fourth-order valence-electron chi connectivity index (χ4n) is 3.65. The van der Waals surface area contributed by atoms with Crippen LogP contribution < -0.4 is 21.1 Å². The molecule has 0 aliphatic carbocycles. The van der Waals surface area contributed by atoms with E-state index in [9.17, 15) is 4.79 Å². The number of aryl methyl sites for hydroxylation is 1. The summed E-state index contributed by atoms with van der Waals surface area (Å²) in [7, 11) is 0. The van der Waals surface area contributed by atoms with Crippen LogP contribution >= 0.6 is 23.4 Å². The number of thioether (sulfide) groups is 1. The molecule has 1 amide bonds. The van der Waals surface area contributed by atoms with Crippen LogP contribution in [0.4, 0.5) is 5.69 Å². The standard InChI is InChI=1S/C22H25ClN6OS/c1-13-8-9-16(10-17(13)23)29-20(24)19-14(2)27-28-21(19)26-22(29)31-12-18(30)25-11-15-6-4-3-5-7-15/h3-10,14,19,21,24,27-28H,11-12H2,1-2H3,(H,25,30). The second-order valence-corrected chi connectivity index (χ2v) is 9.01. The van der Waals surface area contributed by atoms with Gasteiger partial charge in [-0.3, -0.25) is 20.5 Å². The van der Waals surface area contributed by atoms with E-state index in [1.807, 2.05) is 62.4 Å². The summed E-state index contributed by atoms with van der Waals surface area (Å²) in [5, 5.41) is 13.1. The maximum atomic E-state index is 12.5. The third-order valence-corrected chi connectivity index (χ3v) is 6.77. The molecule has 162 valence electrons. The van der Waals surface area contributed by atoms with Gasteiger partial charge in [0.25, 0.3) is 0 Å². The number of amides is 1. The molecule has 4 N–H and O–H groups in total. The average molecular weight is 457 g/mol. The van der Waals surface area contributed by atoms with Crippen LogP contribution in [0.1, 0.15) is 18.1 Å². The van der Waals surface area contributed by atoms with Crippen LogP contribution in [-0.4, -0.2) is 34.9 Å². The van der Waals surface area contributed by atoms with Gasteiger partial charge in [0.15, 0.2) is 5.17 Å². The molecule has 2 aromatic carbocycles. The van der Waals surface area contributed by atoms with E-state index < -0.39 is 0 Å². The number of nitrogens with one attached hydrogen (secondary N) is 4. The van der Waals surface area contributed by atoms with Crippen LogP contribution in [0.25, 0.3) is 0 Å². The zero-order valence-corrected chi connectivity index (χ0v) is 18.9. The summed E-state index contributed by atoms with van der Waals surface area (Å²) in [5.74, 6) is 0.432. The van der Waals surface area contributed by atoms with E-state index in [2.05, 4.69) is 16.2 Å². The number of hydrogen-bond donors (Lipinski definition) is 4. The van der Waals surface area contributed by atoms with Gasteiger partial charge in [0.1, 0.15) is 12.0 Å². The summed E-state index contributed by atoms with van der Waals surface area (Å²) < 4.78 is 0. The number of rotatable bonds is 5. The Labute approximate surface area is 191 Å². The molecular weight excluding hydrogens is 432 g/mol. The number of carbonyl (C=O) groups excluding carboxylic acids is 1. The minimum Gasteiger partial charge on any atom is -0.351 e. The number of hydrazine groups is 1. The van der Waals surface area contributed by atoms with Crippen molar-refractivity contribution in [2.45, 2.75) is 32.6 Å². The first-order valence-electron chi connectivity index (χ1n) is 10.1. The normalized spacial score (nSPS) is 22.8. The van der Waals surface area contributed by atoms with E-state index in [-0.39, 0.29) is 29.8 Å². The van der Waals surface area contributed by atoms with Gasteiger partial charge in [-0.15, -0.1) is 0 Å². The van der Waals surface area contributed by atoms with Gasteiger partial charge < -0.3 is 5.32 Å². The van der Waals surface area contributed by atoms with Gasteiger partial charge in [-0.1, -0.05) is 59.8 Å². The van der Waals surface area contributed by atoms with Crippen molar-refractivity contribution in [2.75, 3.05) is 10.7 Å². The number of nitrogens with zero attached hydrogens (tertiary/aromatic N) is 2. The molecule has 0 spiro atoms. The lowest BCUT2D eigenvalue weighted by molar-refractivity contribution is -0.118. The van der Waals surface area contributed by atoms with E-state index >= 15 is 0 Å². The molecule has 0 bridgehead atoms. The molecule has 31 heavy (non-hydrogen) atoms. The zero-order chi connectivity index (χ0) is 22.0. The highest BCUT2D eigenvalue weighted by molar-refractivity contribution is 8.14. The lowest BCUT2D eigenvalue weighted by Gasteiger charge is -2.36. The average Bonchev–Trinajstić information content (AvgIpc) is 3.14. The predicted octanol–water partition coefficient (Wildman–Crippen LogP) is 3.29. The Morgan fingerprint density at radius 2 is 2.03 bits per heavy atom. The fourth-order valence-corrected chi connectivity index (χ4v) is 4.71. The Balaban J connectivity index is 1.51. The van der Waals surface area contributed by atoms with Crippen molar-refractivity contribution in [3.05, 3.63) is 64.7 Å². The Morgan fingerprint density at radius 3 is 2.77 bits per heavy atom. The Morgan fingerprint density at radius 1 is 1.26 bits per heavy atom. The summed E-state index contributed by atoms with van der Waals surface area (Å²) in [5.41, 5.74) is 9.11. The summed E-state index contributed by atoms with van der Waals surface area (Å²) in [6.45, 7) is 4.45. The van der Waals surface area contributed by atoms with Crippen molar-refractivity contribution in [1.29, 1.82) is 5.41 Å². The van der Waals surface area contributed by atoms with Crippen molar-refractivity contribution in [1.82, 2.24) is 16.2 Å². The van der Waals surface area contributed by atoms with E-state index in [1.165, 1.54) is 11.8 Å². The molecule has 3 atom stereocenters. The molecule has 3 unspecified atom stereocenters. The third-order valence-electron chi connectivity index (χ3n) is 5.41. The predicted molar refractivity (Wildman–Crippen MR) is 128 cm³/mol. The molecule has 2 aliphatic heterocycles. The molecule has 0 saturated carbocycles. The number of halogens is 1. The van der Waals surface area contributed by atoms with Gasteiger partial charge in [-0.25, -0.2) is 10.4 Å². The molecule has 0 radical (unpaired) electrons. The fraction of sp³-hybridized carbons (Fsp3) is 0.318. The third kappa shape index (κ3) is 4.77. The zero-order valence-electron chi connectivity index (χ0n) is 17.4. The Kier molecular flexibility index (Phi) is 6.62. The lowest BCUT2D eigenvalue weighted by atomic mass is 9.97. The highest BCUT2D eigenvalue weighted by Crippen LogP contribution is 2.33. The van der Waals surface area contributed by atoms with E-state index in [1.54, 1.807) is 4.90 Å². The number of benzene rings is 2. The minimum atomic E-state index is -0.241. The SMILES string of the molecule is Cc1ccc(N2C(=N)C3C(C)NNC3N=C2SCC(=O)NCc2ccccc2)cc1Cl. The second kappa shape index (κ2) is 9.40. The number of fused-ring (bicyclic) bond motifs is 1. The van der Waals surface area contributed by atoms with Crippen LogP contribution in [0.15, 0.2) is 53.5 Å². The van der Waals surface area contributed by atoms with Crippen LogP contribution in [0.3, 0.4) is 0 Å². The van der Waals surface area contributed by atoms with Crippen molar-refractivity contribution in [3.63, 3.8) is 0 Å². The van der Waals surface area contributed by atoms with Crippen molar-refractivity contribution in [2.24, 2.45) is 10.9 Å². The minimum absolute atomic E-state index is 0.0605. The molecule has 1 saturated heterocycles. The van der Waals surface area contributed by atoms with Gasteiger partial charge in [0.2, 0.25) is 5.91 Å². The highest BCUT2D eigenvalue weighted by Gasteiger charge is 2.43. The first-order valence-corrected chi connectivity index (χ1v) is 11.5. The molecule has 4 rings (SSSR count). The van der Waals surface area contributed by atoms with E-state index in [0.717, 1.165) is 16.8 Å². The van der Waals surface area contributed by atoms with Gasteiger partial charge >= 0.3 is 0 Å². The summed E-state index contributed by atoms with van der Waals surface area (Å²) in [4.78, 5) is 19.1. The van der Waals surface area contributed by atoms with Crippen LogP contribution in [0, 0.1) is 18.3 Å². The molecule has 2 aromatic rings. The molecule has 9 heteroatoms. The summed E-state index contributed by atoms with van der Waals surface area (Å²) in [6.07, 6.45) is -0.241. The van der Waals surface area contributed by atoms with Crippen molar-refractivity contribution in [3.8, 4) is 0 Å². The Hall–Kier alpha value is -2.39. The smallest absolute Gasteiger partial charge is 0.230 e. The molecule has 7 nitrogen and oxygen atoms in total. The summed E-state index contributed by atoms with van der Waals surface area (Å²) in [6, 6.07) is 15.6. The van der Waals surface area contributed by atoms with E-state index in [0.29, 0.717) is 22.6 Å². The van der Waals surface area contributed by atoms with Crippen LogP contribution in [0.5, 0.6) is 0 Å². The molecule has 2 aliphatic rings. The number of hydrogen-bond acceptors (Lipinski definition) is 6. The van der Waals surface area contributed by atoms with Gasteiger partial charge in [0, 0.05) is 17.6 Å². The quantitative estimate of drug-likeness (QED) is 0.554. The number of carbonyl (C=O) groups is 1. The monoisotopic (exact) mass is 456 g/mol. The molecule has 2 heterocycles. The van der Waals surface area contributed by atoms with Crippen molar-refractivity contribution < 1.29 is 4.79 Å². The van der Waals surface area contributed by atoms with Crippen LogP contribution in [0.2, 0.25) is 5.02 Å². The number of anilines is 1. The maximum Gasteiger partial charge on any atom is 0.230 e. The topological polar surface area (TPSA) is 92.6 Å². The first kappa shape index (κ1) is 21.8. The molecule has 1 fully saturated rings. The number of amidine groups is 2. The van der Waals surface area contributed by atoms with Crippen molar-refractivity contribution >= 4 is 46.0 Å². The summed E-state index contributed by atoms with van der Waals surface area (Å²) >= 11 is 7.68. The van der Waals surface area contributed by atoms with Gasteiger partial charge in [-0.05, 0) is 37.1 Å².